The lowest BCUT2D eigenvalue weighted by Crippen LogP contribution is -2.08. The summed E-state index contributed by atoms with van der Waals surface area (Å²) >= 11 is 3.16. The van der Waals surface area contributed by atoms with E-state index in [2.05, 4.69) is 20.9 Å². The molecule has 2 N–H and O–H groups in total. The highest BCUT2D eigenvalue weighted by Gasteiger charge is 2.13. The molecule has 0 aromatic carbocycles. The van der Waals surface area contributed by atoms with Crippen molar-refractivity contribution in [3.63, 3.8) is 0 Å². The monoisotopic (exact) mass is 244 g/mol. The van der Waals surface area contributed by atoms with Crippen LogP contribution in [0.4, 0.5) is 5.69 Å². The topological polar surface area (TPSA) is 65.2 Å². The Kier molecular flexibility index (Phi) is 3.25. The maximum absolute atomic E-state index is 11.2. The highest BCUT2D eigenvalue weighted by atomic mass is 79.9. The minimum absolute atomic E-state index is 0.210. The molecule has 0 radical (unpaired) electrons. The highest BCUT2D eigenvalue weighted by Crippen LogP contribution is 2.22. The quantitative estimate of drug-likeness (QED) is 0.803. The van der Waals surface area contributed by atoms with Crippen molar-refractivity contribution in [3.8, 4) is 0 Å². The number of anilines is 1. The number of hydrogen-bond acceptors (Lipinski definition) is 4. The molecule has 0 atom stereocenters. The molecule has 0 fully saturated rings. The average molecular weight is 245 g/mol. The standard InChI is InChI=1S/C8H9BrN2O2/c1-2-13-8(12)7-6(9)5(10)3-4-11-7/h3-4H,2H2,1H3,(H2,10,11). The van der Waals surface area contributed by atoms with Crippen molar-refractivity contribution in [2.45, 2.75) is 6.92 Å². The van der Waals surface area contributed by atoms with Gasteiger partial charge in [0.1, 0.15) is 0 Å². The summed E-state index contributed by atoms with van der Waals surface area (Å²) in [6.45, 7) is 2.06. The third-order valence-electron chi connectivity index (χ3n) is 1.39. The molecule has 1 rings (SSSR count). The summed E-state index contributed by atoms with van der Waals surface area (Å²) in [5, 5.41) is 0. The predicted molar refractivity (Wildman–Crippen MR) is 52.3 cm³/mol. The third-order valence-corrected chi connectivity index (χ3v) is 2.22. The Balaban J connectivity index is 3.01. The number of halogens is 1. The van der Waals surface area contributed by atoms with E-state index in [1.165, 1.54) is 6.20 Å². The molecule has 4 nitrogen and oxygen atoms in total. The molecule has 13 heavy (non-hydrogen) atoms. The van der Waals surface area contributed by atoms with E-state index in [0.29, 0.717) is 16.8 Å². The van der Waals surface area contributed by atoms with Crippen molar-refractivity contribution < 1.29 is 9.53 Å². The number of nitrogen functional groups attached to an aromatic ring is 1. The Morgan fingerprint density at radius 1 is 1.77 bits per heavy atom. The summed E-state index contributed by atoms with van der Waals surface area (Å²) in [6, 6.07) is 1.60. The molecule has 5 heteroatoms. The molecule has 0 saturated heterocycles. The van der Waals surface area contributed by atoms with Crippen LogP contribution in [0.3, 0.4) is 0 Å². The summed E-state index contributed by atoms with van der Waals surface area (Å²) in [5.41, 5.74) is 6.24. The van der Waals surface area contributed by atoms with Crippen LogP contribution >= 0.6 is 15.9 Å². The first kappa shape index (κ1) is 9.98. The molecule has 0 aliphatic rings. The van der Waals surface area contributed by atoms with E-state index in [4.69, 9.17) is 10.5 Å². The van der Waals surface area contributed by atoms with Gasteiger partial charge in [0.2, 0.25) is 0 Å². The SMILES string of the molecule is CCOC(=O)c1nccc(N)c1Br. The van der Waals surface area contributed by atoms with Gasteiger partial charge in [0, 0.05) is 11.9 Å². The molecule has 0 amide bonds. The van der Waals surface area contributed by atoms with Gasteiger partial charge in [0.05, 0.1) is 11.1 Å². The second-order valence-corrected chi connectivity index (χ2v) is 3.08. The number of carbonyl (C=O) groups excluding carboxylic acids is 1. The Morgan fingerprint density at radius 3 is 3.08 bits per heavy atom. The minimum atomic E-state index is -0.471. The van der Waals surface area contributed by atoms with Gasteiger partial charge in [0.15, 0.2) is 5.69 Å². The first-order valence-electron chi connectivity index (χ1n) is 3.74. The van der Waals surface area contributed by atoms with E-state index >= 15 is 0 Å². The number of aromatic nitrogens is 1. The Labute approximate surface area is 84.2 Å². The number of pyridine rings is 1. The van der Waals surface area contributed by atoms with Crippen molar-refractivity contribution in [2.75, 3.05) is 12.3 Å². The number of ether oxygens (including phenoxy) is 1. The number of nitrogens with zero attached hydrogens (tertiary/aromatic N) is 1. The fraction of sp³-hybridized carbons (Fsp3) is 0.250. The molecule has 1 aromatic heterocycles. The molecule has 1 heterocycles. The van der Waals surface area contributed by atoms with Crippen LogP contribution in [0.5, 0.6) is 0 Å². The molecule has 0 saturated carbocycles. The van der Waals surface area contributed by atoms with E-state index in [0.717, 1.165) is 0 Å². The van der Waals surface area contributed by atoms with Crippen LogP contribution in [0.25, 0.3) is 0 Å². The van der Waals surface area contributed by atoms with Gasteiger partial charge in [-0.3, -0.25) is 0 Å². The van der Waals surface area contributed by atoms with Crippen molar-refractivity contribution in [1.82, 2.24) is 4.98 Å². The fourth-order valence-electron chi connectivity index (χ4n) is 0.800. The van der Waals surface area contributed by atoms with Gasteiger partial charge in [-0.25, -0.2) is 9.78 Å². The summed E-state index contributed by atoms with van der Waals surface area (Å²) in [5.74, 6) is -0.471. The molecular weight excluding hydrogens is 236 g/mol. The van der Waals surface area contributed by atoms with Gasteiger partial charge in [-0.1, -0.05) is 0 Å². The maximum atomic E-state index is 11.2. The number of hydrogen-bond donors (Lipinski definition) is 1. The molecule has 70 valence electrons. The molecular formula is C8H9BrN2O2. The van der Waals surface area contributed by atoms with Crippen LogP contribution in [0.15, 0.2) is 16.7 Å². The van der Waals surface area contributed by atoms with Gasteiger partial charge in [0.25, 0.3) is 0 Å². The average Bonchev–Trinajstić information content (AvgIpc) is 2.10. The molecule has 1 aromatic rings. The number of esters is 1. The Hall–Kier alpha value is -1.10. The molecule has 0 bridgehead atoms. The second-order valence-electron chi connectivity index (χ2n) is 2.28. The number of nitrogens with two attached hydrogens (primary N) is 1. The normalized spacial score (nSPS) is 9.69. The lowest BCUT2D eigenvalue weighted by atomic mass is 10.3. The van der Waals surface area contributed by atoms with E-state index in [1.807, 2.05) is 0 Å². The number of carbonyl (C=O) groups is 1. The largest absolute Gasteiger partial charge is 0.461 e. The zero-order valence-corrected chi connectivity index (χ0v) is 8.67. The lowest BCUT2D eigenvalue weighted by molar-refractivity contribution is 0.0518. The van der Waals surface area contributed by atoms with Gasteiger partial charge in [-0.05, 0) is 28.9 Å². The van der Waals surface area contributed by atoms with Crippen molar-refractivity contribution >= 4 is 27.6 Å². The lowest BCUT2D eigenvalue weighted by Gasteiger charge is -2.04. The van der Waals surface area contributed by atoms with Crippen LogP contribution in [0, 0.1) is 0 Å². The van der Waals surface area contributed by atoms with E-state index in [-0.39, 0.29) is 5.69 Å². The Bertz CT molecular complexity index is 328. The zero-order chi connectivity index (χ0) is 9.84. The third kappa shape index (κ3) is 2.18. The molecule has 0 unspecified atom stereocenters. The number of rotatable bonds is 2. The van der Waals surface area contributed by atoms with E-state index in [9.17, 15) is 4.79 Å². The van der Waals surface area contributed by atoms with Crippen LogP contribution in [-0.2, 0) is 4.74 Å². The smallest absolute Gasteiger partial charge is 0.358 e. The second kappa shape index (κ2) is 4.23. The summed E-state index contributed by atoms with van der Waals surface area (Å²) in [7, 11) is 0. The highest BCUT2D eigenvalue weighted by molar-refractivity contribution is 9.10. The minimum Gasteiger partial charge on any atom is -0.461 e. The van der Waals surface area contributed by atoms with E-state index in [1.54, 1.807) is 13.0 Å². The fourth-order valence-corrected chi connectivity index (χ4v) is 1.20. The first-order chi connectivity index (χ1) is 6.16. The maximum Gasteiger partial charge on any atom is 0.358 e. The van der Waals surface area contributed by atoms with Gasteiger partial charge in [-0.2, -0.15) is 0 Å². The van der Waals surface area contributed by atoms with E-state index < -0.39 is 5.97 Å². The first-order valence-corrected chi connectivity index (χ1v) is 4.53. The van der Waals surface area contributed by atoms with Gasteiger partial charge >= 0.3 is 5.97 Å². The molecule has 0 spiro atoms. The Morgan fingerprint density at radius 2 is 2.46 bits per heavy atom. The summed E-state index contributed by atoms with van der Waals surface area (Å²) in [6.07, 6.45) is 1.46. The predicted octanol–water partition coefficient (Wildman–Crippen LogP) is 1.60. The van der Waals surface area contributed by atoms with Crippen LogP contribution in [0.1, 0.15) is 17.4 Å². The van der Waals surface area contributed by atoms with Crippen molar-refractivity contribution in [3.05, 3.63) is 22.4 Å². The molecule has 0 aliphatic carbocycles. The summed E-state index contributed by atoms with van der Waals surface area (Å²) in [4.78, 5) is 15.1. The van der Waals surface area contributed by atoms with Gasteiger partial charge < -0.3 is 10.5 Å². The van der Waals surface area contributed by atoms with Crippen molar-refractivity contribution in [2.24, 2.45) is 0 Å². The van der Waals surface area contributed by atoms with Crippen LogP contribution < -0.4 is 5.73 Å². The van der Waals surface area contributed by atoms with Crippen LogP contribution in [0.2, 0.25) is 0 Å². The van der Waals surface area contributed by atoms with Crippen molar-refractivity contribution in [1.29, 1.82) is 0 Å². The van der Waals surface area contributed by atoms with Crippen LogP contribution in [-0.4, -0.2) is 17.6 Å². The zero-order valence-electron chi connectivity index (χ0n) is 7.08. The van der Waals surface area contributed by atoms with Gasteiger partial charge in [-0.15, -0.1) is 0 Å². The summed E-state index contributed by atoms with van der Waals surface area (Å²) < 4.78 is 5.26. The molecule has 0 aliphatic heterocycles.